The number of nitrogens with zero attached hydrogens (tertiary/aromatic N) is 2. The van der Waals surface area contributed by atoms with E-state index in [0.29, 0.717) is 23.2 Å². The number of ether oxygens (including phenoxy) is 2. The van der Waals surface area contributed by atoms with E-state index in [2.05, 4.69) is 20.0 Å². The van der Waals surface area contributed by atoms with Crippen molar-refractivity contribution >= 4 is 28.5 Å². The van der Waals surface area contributed by atoms with Gasteiger partial charge in [-0.25, -0.2) is 14.4 Å². The van der Waals surface area contributed by atoms with E-state index in [0.717, 1.165) is 19.0 Å². The van der Waals surface area contributed by atoms with E-state index >= 15 is 0 Å². The summed E-state index contributed by atoms with van der Waals surface area (Å²) >= 11 is 1.41. The topological polar surface area (TPSA) is 98.8 Å². The Hall–Kier alpha value is -2.79. The number of hydrogen-bond acceptors (Lipinski definition) is 7. The number of hydrogen-bond donors (Lipinski definition) is 2. The molecule has 1 saturated heterocycles. The third-order valence-corrected chi connectivity index (χ3v) is 6.04. The molecule has 2 atom stereocenters. The van der Waals surface area contributed by atoms with Crippen LogP contribution in [0.2, 0.25) is 0 Å². The van der Waals surface area contributed by atoms with Crippen LogP contribution < -0.4 is 15.8 Å². The molecule has 1 aromatic carbocycles. The van der Waals surface area contributed by atoms with Crippen molar-refractivity contribution in [1.82, 2.24) is 4.98 Å². The zero-order valence-electron chi connectivity index (χ0n) is 16.2. The van der Waals surface area contributed by atoms with Gasteiger partial charge in [0, 0.05) is 29.5 Å². The van der Waals surface area contributed by atoms with Crippen molar-refractivity contribution in [3.63, 3.8) is 0 Å². The standard InChI is InChI=1S/C20H19F3N4O3S/c21-15-5-3-12(26-17(28)16-6-4-13(9-25-16)30-18(22)23)8-14(15)20-11(2-1-7-29-20)10-31-19(24)27-20/h3-6,8-9,11,18H,1-2,7,10H2,(H2,24,27)(H,26,28)/t11-,20-/m1/s1. The van der Waals surface area contributed by atoms with Gasteiger partial charge in [-0.2, -0.15) is 8.78 Å². The molecule has 2 aliphatic heterocycles. The number of fused-ring (bicyclic) bond motifs is 1. The van der Waals surface area contributed by atoms with E-state index in [4.69, 9.17) is 10.5 Å². The van der Waals surface area contributed by atoms with E-state index in [1.807, 2.05) is 0 Å². The summed E-state index contributed by atoms with van der Waals surface area (Å²) in [4.78, 5) is 20.8. The van der Waals surface area contributed by atoms with Crippen molar-refractivity contribution in [2.45, 2.75) is 25.2 Å². The average Bonchev–Trinajstić information content (AvgIpc) is 2.75. The maximum absolute atomic E-state index is 14.9. The number of anilines is 1. The van der Waals surface area contributed by atoms with Crippen molar-refractivity contribution in [3.8, 4) is 5.75 Å². The molecule has 4 rings (SSSR count). The maximum atomic E-state index is 14.9. The first-order valence-electron chi connectivity index (χ1n) is 9.52. The Kier molecular flexibility index (Phi) is 6.05. The summed E-state index contributed by atoms with van der Waals surface area (Å²) in [6, 6.07) is 6.58. The summed E-state index contributed by atoms with van der Waals surface area (Å²) < 4.78 is 49.5. The number of alkyl halides is 2. The van der Waals surface area contributed by atoms with Crippen molar-refractivity contribution in [1.29, 1.82) is 0 Å². The average molecular weight is 452 g/mol. The van der Waals surface area contributed by atoms with Gasteiger partial charge in [-0.05, 0) is 43.2 Å². The van der Waals surface area contributed by atoms with Gasteiger partial charge in [-0.3, -0.25) is 4.79 Å². The lowest BCUT2D eigenvalue weighted by Crippen LogP contribution is -2.46. The molecule has 7 nitrogen and oxygen atoms in total. The predicted molar refractivity (Wildman–Crippen MR) is 110 cm³/mol. The molecule has 1 amide bonds. The van der Waals surface area contributed by atoms with Crippen LogP contribution in [0.4, 0.5) is 18.9 Å². The summed E-state index contributed by atoms with van der Waals surface area (Å²) in [6.07, 6.45) is 2.68. The highest BCUT2D eigenvalue weighted by atomic mass is 32.2. The van der Waals surface area contributed by atoms with Gasteiger partial charge >= 0.3 is 6.61 Å². The van der Waals surface area contributed by atoms with E-state index in [9.17, 15) is 18.0 Å². The summed E-state index contributed by atoms with van der Waals surface area (Å²) in [6.45, 7) is -2.57. The number of nitrogens with one attached hydrogen (secondary N) is 1. The van der Waals surface area contributed by atoms with E-state index in [1.165, 1.54) is 42.1 Å². The minimum Gasteiger partial charge on any atom is -0.433 e. The molecule has 1 aromatic heterocycles. The lowest BCUT2D eigenvalue weighted by molar-refractivity contribution is -0.115. The molecule has 2 aromatic rings. The molecule has 0 spiro atoms. The van der Waals surface area contributed by atoms with Crippen molar-refractivity contribution in [2.75, 3.05) is 17.7 Å². The summed E-state index contributed by atoms with van der Waals surface area (Å²) in [5.41, 5.74) is 5.19. The van der Waals surface area contributed by atoms with Crippen LogP contribution in [0.5, 0.6) is 5.75 Å². The highest BCUT2D eigenvalue weighted by molar-refractivity contribution is 8.13. The van der Waals surface area contributed by atoms with Crippen LogP contribution in [0.25, 0.3) is 0 Å². The number of carbonyl (C=O) groups excluding carboxylic acids is 1. The zero-order chi connectivity index (χ0) is 22.0. The molecular formula is C20H19F3N4O3S. The van der Waals surface area contributed by atoms with Gasteiger partial charge in [-0.1, -0.05) is 11.8 Å². The van der Waals surface area contributed by atoms with Crippen LogP contribution in [0.15, 0.2) is 41.5 Å². The molecule has 3 heterocycles. The Morgan fingerprint density at radius 1 is 1.35 bits per heavy atom. The number of aromatic nitrogens is 1. The summed E-state index contributed by atoms with van der Waals surface area (Å²) in [5, 5.41) is 2.95. The van der Waals surface area contributed by atoms with E-state index < -0.39 is 24.1 Å². The third kappa shape index (κ3) is 4.47. The van der Waals surface area contributed by atoms with Crippen molar-refractivity contribution < 1.29 is 27.4 Å². The number of rotatable bonds is 5. The number of nitrogens with two attached hydrogens (primary N) is 1. The van der Waals surface area contributed by atoms with E-state index in [-0.39, 0.29) is 22.9 Å². The molecule has 1 fully saturated rings. The highest BCUT2D eigenvalue weighted by Crippen LogP contribution is 2.47. The van der Waals surface area contributed by atoms with Gasteiger partial charge in [0.2, 0.25) is 0 Å². The Labute approximate surface area is 180 Å². The number of aliphatic imine (C=N–C) groups is 1. The monoisotopic (exact) mass is 452 g/mol. The second kappa shape index (κ2) is 8.75. The molecule has 0 bridgehead atoms. The smallest absolute Gasteiger partial charge is 0.387 e. The first kappa shape index (κ1) is 21.4. The van der Waals surface area contributed by atoms with Crippen LogP contribution in [-0.2, 0) is 10.5 Å². The minimum absolute atomic E-state index is 0.0196. The molecule has 0 aliphatic carbocycles. The molecule has 31 heavy (non-hydrogen) atoms. The minimum atomic E-state index is -2.99. The highest BCUT2D eigenvalue weighted by Gasteiger charge is 2.48. The fraction of sp³-hybridized carbons (Fsp3) is 0.350. The molecular weight excluding hydrogens is 433 g/mol. The second-order valence-corrected chi connectivity index (χ2v) is 8.09. The van der Waals surface area contributed by atoms with Gasteiger partial charge in [0.25, 0.3) is 5.91 Å². The van der Waals surface area contributed by atoms with Gasteiger partial charge in [-0.15, -0.1) is 0 Å². The van der Waals surface area contributed by atoms with Crippen LogP contribution in [0.3, 0.4) is 0 Å². The SMILES string of the molecule is NC1=N[C@@]2(c3cc(NC(=O)c4ccc(OC(F)F)cn4)ccc3F)OCCC[C@@H]2CS1. The number of thioether (sulfide) groups is 1. The van der Waals surface area contributed by atoms with Crippen LogP contribution in [0.1, 0.15) is 28.9 Å². The molecule has 0 unspecified atom stereocenters. The summed E-state index contributed by atoms with van der Waals surface area (Å²) in [7, 11) is 0. The Bertz CT molecular complexity index is 1010. The number of carbonyl (C=O) groups is 1. The van der Waals surface area contributed by atoms with Gasteiger partial charge in [0.1, 0.15) is 17.3 Å². The summed E-state index contributed by atoms with van der Waals surface area (Å²) in [5.74, 6) is -0.673. The Balaban J connectivity index is 1.59. The quantitative estimate of drug-likeness (QED) is 0.718. The first-order valence-corrected chi connectivity index (χ1v) is 10.5. The largest absolute Gasteiger partial charge is 0.433 e. The normalized spacial score (nSPS) is 23.1. The zero-order valence-corrected chi connectivity index (χ0v) is 17.0. The molecule has 2 aliphatic rings. The predicted octanol–water partition coefficient (Wildman–Crippen LogP) is 3.72. The van der Waals surface area contributed by atoms with Crippen molar-refractivity contribution in [2.24, 2.45) is 16.6 Å². The van der Waals surface area contributed by atoms with E-state index in [1.54, 1.807) is 0 Å². The van der Waals surface area contributed by atoms with Crippen LogP contribution >= 0.6 is 11.8 Å². The molecule has 3 N–H and O–H groups in total. The number of amidine groups is 1. The molecule has 164 valence electrons. The van der Waals surface area contributed by atoms with Crippen LogP contribution in [-0.4, -0.2) is 35.0 Å². The number of benzene rings is 1. The second-order valence-electron chi connectivity index (χ2n) is 7.05. The number of amides is 1. The lowest BCUT2D eigenvalue weighted by Gasteiger charge is -2.43. The first-order chi connectivity index (χ1) is 14.9. The van der Waals surface area contributed by atoms with Gasteiger partial charge < -0.3 is 20.5 Å². The number of pyridine rings is 1. The maximum Gasteiger partial charge on any atom is 0.387 e. The van der Waals surface area contributed by atoms with Gasteiger partial charge in [0.05, 0.1) is 6.20 Å². The number of halogens is 3. The van der Waals surface area contributed by atoms with Crippen molar-refractivity contribution in [3.05, 3.63) is 53.6 Å². The lowest BCUT2D eigenvalue weighted by atomic mass is 9.84. The fourth-order valence-electron chi connectivity index (χ4n) is 3.69. The Morgan fingerprint density at radius 2 is 2.19 bits per heavy atom. The third-order valence-electron chi connectivity index (χ3n) is 5.09. The molecule has 0 saturated carbocycles. The molecule has 0 radical (unpaired) electrons. The fourth-order valence-corrected chi connectivity index (χ4v) is 4.66. The van der Waals surface area contributed by atoms with Gasteiger partial charge in [0.15, 0.2) is 10.9 Å². The molecule has 11 heteroatoms. The van der Waals surface area contributed by atoms with Crippen LogP contribution in [0, 0.1) is 11.7 Å². The Morgan fingerprint density at radius 3 is 2.94 bits per heavy atom.